The van der Waals surface area contributed by atoms with Gasteiger partial charge >= 0.3 is 6.36 Å². The van der Waals surface area contributed by atoms with Crippen molar-refractivity contribution >= 4 is 21.7 Å². The maximum absolute atomic E-state index is 12.4. The molecule has 146 valence electrons. The van der Waals surface area contributed by atoms with Gasteiger partial charge in [0.05, 0.1) is 12.8 Å². The summed E-state index contributed by atoms with van der Waals surface area (Å²) in [5, 5.41) is 8.02. The molecule has 0 atom stereocenters. The maximum atomic E-state index is 12.4. The first-order valence-corrected chi connectivity index (χ1v) is 9.21. The fourth-order valence-corrected chi connectivity index (χ4v) is 3.59. The molecular weight excluding hydrogens is 439 g/mol. The van der Waals surface area contributed by atoms with Crippen LogP contribution in [0.1, 0.15) is 5.56 Å². The zero-order valence-corrected chi connectivity index (χ0v) is 16.3. The minimum atomic E-state index is -4.72. The number of fused-ring (bicyclic) bond motifs is 1. The summed E-state index contributed by atoms with van der Waals surface area (Å²) < 4.78 is 49.1. The summed E-state index contributed by atoms with van der Waals surface area (Å²) in [5.74, 6) is 1.24. The summed E-state index contributed by atoms with van der Waals surface area (Å²) in [4.78, 5) is 0. The molecule has 0 spiro atoms. The Morgan fingerprint density at radius 2 is 1.89 bits per heavy atom. The van der Waals surface area contributed by atoms with Crippen LogP contribution in [0.3, 0.4) is 0 Å². The number of hydrogen-bond acceptors (Lipinski definition) is 4. The van der Waals surface area contributed by atoms with E-state index >= 15 is 0 Å². The molecule has 1 N–H and O–H groups in total. The van der Waals surface area contributed by atoms with Crippen LogP contribution in [-0.4, -0.2) is 29.8 Å². The number of anilines is 1. The average molecular weight is 454 g/mol. The number of alkyl halides is 3. The summed E-state index contributed by atoms with van der Waals surface area (Å²) in [6, 6.07) is 11.3. The Kier molecular flexibility index (Phi) is 4.70. The van der Waals surface area contributed by atoms with Gasteiger partial charge in [0, 0.05) is 22.1 Å². The standard InChI is InChI=1S/C19H15BrF3N3O2/c1-27-16-7-2-11(20)10-15(16)17-14-8-9-24-18(14)26(25-17)12-3-5-13(6-4-12)28-19(21,22)23/h2-7,10,24H,8-9H2,1H3. The molecule has 0 unspecified atom stereocenters. The van der Waals surface area contributed by atoms with Crippen molar-refractivity contribution in [2.45, 2.75) is 12.8 Å². The zero-order valence-electron chi connectivity index (χ0n) is 14.7. The number of rotatable bonds is 4. The van der Waals surface area contributed by atoms with Crippen molar-refractivity contribution in [3.05, 3.63) is 52.5 Å². The third-order valence-corrected chi connectivity index (χ3v) is 4.88. The third-order valence-electron chi connectivity index (χ3n) is 4.38. The first-order valence-electron chi connectivity index (χ1n) is 8.41. The van der Waals surface area contributed by atoms with E-state index in [1.807, 2.05) is 18.2 Å². The lowest BCUT2D eigenvalue weighted by molar-refractivity contribution is -0.274. The summed E-state index contributed by atoms with van der Waals surface area (Å²) in [5.41, 5.74) is 3.27. The van der Waals surface area contributed by atoms with E-state index in [2.05, 4.69) is 26.0 Å². The zero-order chi connectivity index (χ0) is 19.9. The second-order valence-electron chi connectivity index (χ2n) is 6.15. The van der Waals surface area contributed by atoms with E-state index in [0.29, 0.717) is 11.4 Å². The molecule has 0 saturated carbocycles. The van der Waals surface area contributed by atoms with Crippen molar-refractivity contribution < 1.29 is 22.6 Å². The van der Waals surface area contributed by atoms with Crippen LogP contribution in [-0.2, 0) is 6.42 Å². The number of aromatic nitrogens is 2. The highest BCUT2D eigenvalue weighted by Crippen LogP contribution is 2.39. The Bertz CT molecular complexity index is 1020. The van der Waals surface area contributed by atoms with Gasteiger partial charge < -0.3 is 14.8 Å². The van der Waals surface area contributed by atoms with Crippen molar-refractivity contribution in [2.75, 3.05) is 19.0 Å². The number of nitrogens with zero attached hydrogens (tertiary/aromatic N) is 2. The number of halogens is 4. The van der Waals surface area contributed by atoms with Gasteiger partial charge in [-0.3, -0.25) is 0 Å². The van der Waals surface area contributed by atoms with E-state index in [1.165, 1.54) is 24.3 Å². The minimum Gasteiger partial charge on any atom is -0.496 e. The van der Waals surface area contributed by atoms with Gasteiger partial charge in [0.15, 0.2) is 0 Å². The Labute approximate surface area is 167 Å². The van der Waals surface area contributed by atoms with E-state index in [1.54, 1.807) is 11.8 Å². The molecule has 1 aliphatic heterocycles. The molecule has 1 aromatic heterocycles. The Morgan fingerprint density at radius 3 is 2.57 bits per heavy atom. The largest absolute Gasteiger partial charge is 0.573 e. The molecule has 3 aromatic rings. The van der Waals surface area contributed by atoms with E-state index in [4.69, 9.17) is 9.84 Å². The molecular formula is C19H15BrF3N3O2. The SMILES string of the molecule is COc1ccc(Br)cc1-c1nn(-c2ccc(OC(F)(F)F)cc2)c2c1CCN2. The van der Waals surface area contributed by atoms with Crippen LogP contribution < -0.4 is 14.8 Å². The van der Waals surface area contributed by atoms with Crippen LogP contribution in [0.25, 0.3) is 16.9 Å². The van der Waals surface area contributed by atoms with Gasteiger partial charge in [-0.2, -0.15) is 5.10 Å². The lowest BCUT2D eigenvalue weighted by Crippen LogP contribution is -2.17. The van der Waals surface area contributed by atoms with E-state index in [-0.39, 0.29) is 5.75 Å². The van der Waals surface area contributed by atoms with Gasteiger partial charge in [-0.15, -0.1) is 13.2 Å². The van der Waals surface area contributed by atoms with Gasteiger partial charge in [-0.25, -0.2) is 4.68 Å². The van der Waals surface area contributed by atoms with Crippen molar-refractivity contribution in [3.63, 3.8) is 0 Å². The fraction of sp³-hybridized carbons (Fsp3) is 0.211. The molecule has 1 aliphatic rings. The summed E-state index contributed by atoms with van der Waals surface area (Å²) in [7, 11) is 1.60. The topological polar surface area (TPSA) is 48.3 Å². The molecule has 4 rings (SSSR count). The molecule has 2 aromatic carbocycles. The maximum Gasteiger partial charge on any atom is 0.573 e. The fourth-order valence-electron chi connectivity index (χ4n) is 3.23. The highest BCUT2D eigenvalue weighted by Gasteiger charge is 2.31. The second kappa shape index (κ2) is 7.05. The van der Waals surface area contributed by atoms with Crippen molar-refractivity contribution in [3.8, 4) is 28.4 Å². The molecule has 0 radical (unpaired) electrons. The van der Waals surface area contributed by atoms with Crippen LogP contribution in [0.4, 0.5) is 19.0 Å². The summed E-state index contributed by atoms with van der Waals surface area (Å²) in [6.45, 7) is 0.756. The molecule has 0 bridgehead atoms. The Morgan fingerprint density at radius 1 is 1.14 bits per heavy atom. The lowest BCUT2D eigenvalue weighted by atomic mass is 10.1. The first-order chi connectivity index (χ1) is 13.4. The van der Waals surface area contributed by atoms with Crippen molar-refractivity contribution in [1.29, 1.82) is 0 Å². The van der Waals surface area contributed by atoms with Crippen LogP contribution in [0.15, 0.2) is 46.9 Å². The average Bonchev–Trinajstić information content (AvgIpc) is 3.24. The Balaban J connectivity index is 1.77. The molecule has 0 fully saturated rings. The first kappa shape index (κ1) is 18.7. The molecule has 0 saturated heterocycles. The van der Waals surface area contributed by atoms with Gasteiger partial charge in [0.25, 0.3) is 0 Å². The quantitative estimate of drug-likeness (QED) is 0.591. The second-order valence-corrected chi connectivity index (χ2v) is 7.07. The Hall–Kier alpha value is -2.68. The van der Waals surface area contributed by atoms with Crippen LogP contribution in [0.2, 0.25) is 0 Å². The van der Waals surface area contributed by atoms with Gasteiger partial charge in [0.2, 0.25) is 0 Å². The highest BCUT2D eigenvalue weighted by atomic mass is 79.9. The number of ether oxygens (including phenoxy) is 2. The summed E-state index contributed by atoms with van der Waals surface area (Å²) >= 11 is 3.48. The lowest BCUT2D eigenvalue weighted by Gasteiger charge is -2.10. The van der Waals surface area contributed by atoms with Gasteiger partial charge in [-0.05, 0) is 48.9 Å². The van der Waals surface area contributed by atoms with Crippen LogP contribution in [0.5, 0.6) is 11.5 Å². The van der Waals surface area contributed by atoms with E-state index in [0.717, 1.165) is 40.1 Å². The van der Waals surface area contributed by atoms with Crippen molar-refractivity contribution in [1.82, 2.24) is 9.78 Å². The molecule has 0 aliphatic carbocycles. The number of hydrogen-bond donors (Lipinski definition) is 1. The molecule has 0 amide bonds. The number of benzene rings is 2. The number of nitrogens with one attached hydrogen (secondary N) is 1. The molecule has 28 heavy (non-hydrogen) atoms. The van der Waals surface area contributed by atoms with Crippen LogP contribution >= 0.6 is 15.9 Å². The van der Waals surface area contributed by atoms with E-state index < -0.39 is 6.36 Å². The van der Waals surface area contributed by atoms with E-state index in [9.17, 15) is 13.2 Å². The highest BCUT2D eigenvalue weighted by molar-refractivity contribution is 9.10. The summed E-state index contributed by atoms with van der Waals surface area (Å²) in [6.07, 6.45) is -3.93. The van der Waals surface area contributed by atoms with Gasteiger partial charge in [0.1, 0.15) is 23.0 Å². The third kappa shape index (κ3) is 3.54. The predicted molar refractivity (Wildman–Crippen MR) is 102 cm³/mol. The molecule has 5 nitrogen and oxygen atoms in total. The normalized spacial score (nSPS) is 13.2. The smallest absolute Gasteiger partial charge is 0.496 e. The van der Waals surface area contributed by atoms with Crippen molar-refractivity contribution in [2.24, 2.45) is 0 Å². The molecule has 9 heteroatoms. The monoisotopic (exact) mass is 453 g/mol. The number of methoxy groups -OCH3 is 1. The predicted octanol–water partition coefficient (Wildman–Crippen LogP) is 5.18. The molecule has 2 heterocycles. The minimum absolute atomic E-state index is 0.276. The van der Waals surface area contributed by atoms with Crippen LogP contribution in [0, 0.1) is 0 Å². The van der Waals surface area contributed by atoms with Gasteiger partial charge in [-0.1, -0.05) is 15.9 Å².